The predicted octanol–water partition coefficient (Wildman–Crippen LogP) is 5.49. The molecular formula is C25H24N2O3S. The van der Waals surface area contributed by atoms with Crippen LogP contribution in [0.4, 0.5) is 5.69 Å². The third-order valence-electron chi connectivity index (χ3n) is 4.60. The summed E-state index contributed by atoms with van der Waals surface area (Å²) in [7, 11) is 0. The number of nitro groups is 1. The van der Waals surface area contributed by atoms with Crippen molar-refractivity contribution in [1.29, 1.82) is 0 Å². The summed E-state index contributed by atoms with van der Waals surface area (Å²) in [5.74, 6) is 1.49. The Morgan fingerprint density at radius 2 is 1.81 bits per heavy atom. The van der Waals surface area contributed by atoms with Crippen LogP contribution in [0.3, 0.4) is 0 Å². The molecular weight excluding hydrogens is 408 g/mol. The number of nitro benzene ring substituents is 1. The van der Waals surface area contributed by atoms with Crippen molar-refractivity contribution in [2.24, 2.45) is 0 Å². The van der Waals surface area contributed by atoms with Crippen LogP contribution in [0, 0.1) is 17.0 Å². The van der Waals surface area contributed by atoms with Crippen LogP contribution in [-0.2, 0) is 10.5 Å². The van der Waals surface area contributed by atoms with Gasteiger partial charge in [0, 0.05) is 35.8 Å². The molecule has 3 aromatic carbocycles. The number of benzene rings is 3. The monoisotopic (exact) mass is 432 g/mol. The Kier molecular flexibility index (Phi) is 8.01. The zero-order chi connectivity index (χ0) is 22.1. The number of rotatable bonds is 9. The van der Waals surface area contributed by atoms with Crippen molar-refractivity contribution in [1.82, 2.24) is 5.32 Å². The lowest BCUT2D eigenvalue weighted by Crippen LogP contribution is -2.26. The Morgan fingerprint density at radius 1 is 1.03 bits per heavy atom. The van der Waals surface area contributed by atoms with Crippen molar-refractivity contribution < 1.29 is 9.72 Å². The number of nitrogens with one attached hydrogen (secondary N) is 1. The molecule has 0 atom stereocenters. The minimum Gasteiger partial charge on any atom is -0.351 e. The lowest BCUT2D eigenvalue weighted by Gasteiger charge is -2.10. The predicted molar refractivity (Wildman–Crippen MR) is 128 cm³/mol. The number of thioether (sulfide) groups is 1. The minimum absolute atomic E-state index is 0.00545. The van der Waals surface area contributed by atoms with Crippen molar-refractivity contribution in [2.45, 2.75) is 12.7 Å². The highest BCUT2D eigenvalue weighted by molar-refractivity contribution is 7.98. The number of nitrogens with zero attached hydrogens (tertiary/aromatic N) is 1. The molecule has 0 unspecified atom stereocenters. The van der Waals surface area contributed by atoms with Gasteiger partial charge < -0.3 is 5.32 Å². The molecule has 0 heterocycles. The molecule has 158 valence electrons. The van der Waals surface area contributed by atoms with E-state index in [9.17, 15) is 14.9 Å². The molecule has 3 rings (SSSR count). The lowest BCUT2D eigenvalue weighted by atomic mass is 10.0. The summed E-state index contributed by atoms with van der Waals surface area (Å²) in [6.45, 7) is 2.61. The van der Waals surface area contributed by atoms with Gasteiger partial charge in [0.15, 0.2) is 0 Å². The molecule has 6 heteroatoms. The third-order valence-corrected chi connectivity index (χ3v) is 5.63. The molecule has 0 spiro atoms. The molecule has 31 heavy (non-hydrogen) atoms. The van der Waals surface area contributed by atoms with Gasteiger partial charge in [-0.05, 0) is 29.7 Å². The van der Waals surface area contributed by atoms with Gasteiger partial charge in [0.2, 0.25) is 0 Å². The van der Waals surface area contributed by atoms with Crippen LogP contribution in [0.2, 0.25) is 0 Å². The number of hydrogen-bond donors (Lipinski definition) is 1. The van der Waals surface area contributed by atoms with Crippen molar-refractivity contribution >= 4 is 35.0 Å². The first kappa shape index (κ1) is 22.3. The molecule has 3 aromatic rings. The number of carbonyl (C=O) groups is 1. The molecule has 0 saturated heterocycles. The molecule has 1 amide bonds. The highest BCUT2D eigenvalue weighted by atomic mass is 32.2. The van der Waals surface area contributed by atoms with Gasteiger partial charge in [0.25, 0.3) is 11.6 Å². The molecule has 0 radical (unpaired) electrons. The van der Waals surface area contributed by atoms with Crippen LogP contribution >= 0.6 is 11.8 Å². The van der Waals surface area contributed by atoms with E-state index in [1.807, 2.05) is 30.3 Å². The van der Waals surface area contributed by atoms with Gasteiger partial charge in [-0.3, -0.25) is 14.9 Å². The fourth-order valence-electron chi connectivity index (χ4n) is 3.12. The summed E-state index contributed by atoms with van der Waals surface area (Å²) < 4.78 is 0. The van der Waals surface area contributed by atoms with Crippen molar-refractivity contribution in [3.8, 4) is 0 Å². The van der Waals surface area contributed by atoms with E-state index >= 15 is 0 Å². The fourth-order valence-corrected chi connectivity index (χ4v) is 3.92. The van der Waals surface area contributed by atoms with Crippen LogP contribution in [0.25, 0.3) is 11.6 Å². The van der Waals surface area contributed by atoms with E-state index in [-0.39, 0.29) is 11.6 Å². The first-order valence-corrected chi connectivity index (χ1v) is 11.1. The number of aryl methyl sites for hydroxylation is 1. The summed E-state index contributed by atoms with van der Waals surface area (Å²) in [5.41, 5.74) is 4.35. The number of carbonyl (C=O) groups excluding carboxylic acids is 1. The zero-order valence-electron chi connectivity index (χ0n) is 17.3. The maximum Gasteiger partial charge on any atom is 0.270 e. The normalized spacial score (nSPS) is 11.2. The van der Waals surface area contributed by atoms with E-state index in [2.05, 4.69) is 36.5 Å². The number of amides is 1. The van der Waals surface area contributed by atoms with Crippen molar-refractivity contribution in [3.05, 3.63) is 111 Å². The molecule has 0 fully saturated rings. The van der Waals surface area contributed by atoms with Gasteiger partial charge in [0.05, 0.1) is 4.92 Å². The molecule has 0 bridgehead atoms. The fraction of sp³-hybridized carbons (Fsp3) is 0.160. The van der Waals surface area contributed by atoms with Gasteiger partial charge in [-0.1, -0.05) is 72.3 Å². The Bertz CT molecular complexity index is 1080. The highest BCUT2D eigenvalue weighted by Crippen LogP contribution is 2.21. The van der Waals surface area contributed by atoms with E-state index in [0.29, 0.717) is 17.7 Å². The smallest absolute Gasteiger partial charge is 0.270 e. The van der Waals surface area contributed by atoms with Gasteiger partial charge in [-0.2, -0.15) is 11.8 Å². The van der Waals surface area contributed by atoms with Gasteiger partial charge in [-0.15, -0.1) is 0 Å². The summed E-state index contributed by atoms with van der Waals surface area (Å²) in [6, 6.07) is 24.0. The van der Waals surface area contributed by atoms with E-state index in [4.69, 9.17) is 0 Å². The third kappa shape index (κ3) is 6.83. The van der Waals surface area contributed by atoms with Gasteiger partial charge >= 0.3 is 0 Å². The molecule has 0 saturated carbocycles. The maximum atomic E-state index is 12.9. The number of non-ortho nitro benzene ring substituents is 1. The standard InChI is InChI=1S/C25H24N2O3S/c1-19-7-5-9-21(15-19)18-31-14-13-26-25(28)24(22-10-3-2-4-11-22)17-20-8-6-12-23(16-20)27(29)30/h2-12,15-17H,13-14,18H2,1H3,(H,26,28)/b24-17+. The van der Waals surface area contributed by atoms with Crippen molar-refractivity contribution in [3.63, 3.8) is 0 Å². The highest BCUT2D eigenvalue weighted by Gasteiger charge is 2.13. The molecule has 1 N–H and O–H groups in total. The zero-order valence-corrected chi connectivity index (χ0v) is 18.1. The van der Waals surface area contributed by atoms with Gasteiger partial charge in [-0.25, -0.2) is 0 Å². The van der Waals surface area contributed by atoms with E-state index in [1.54, 1.807) is 30.0 Å². The first-order chi connectivity index (χ1) is 15.0. The summed E-state index contributed by atoms with van der Waals surface area (Å²) in [6.07, 6.45) is 1.69. The second-order valence-corrected chi connectivity index (χ2v) is 8.18. The van der Waals surface area contributed by atoms with E-state index < -0.39 is 4.92 Å². The second-order valence-electron chi connectivity index (χ2n) is 7.07. The van der Waals surface area contributed by atoms with Crippen LogP contribution in [-0.4, -0.2) is 23.1 Å². The van der Waals surface area contributed by atoms with Crippen molar-refractivity contribution in [2.75, 3.05) is 12.3 Å². The molecule has 0 aliphatic heterocycles. The Hall–Kier alpha value is -3.38. The largest absolute Gasteiger partial charge is 0.351 e. The molecule has 0 aromatic heterocycles. The maximum absolute atomic E-state index is 12.9. The summed E-state index contributed by atoms with van der Waals surface area (Å²) in [5, 5.41) is 14.0. The molecule has 5 nitrogen and oxygen atoms in total. The SMILES string of the molecule is Cc1cccc(CSCCNC(=O)/C(=C/c2cccc([N+](=O)[O-])c2)c2ccccc2)c1. The number of hydrogen-bond acceptors (Lipinski definition) is 4. The lowest BCUT2D eigenvalue weighted by molar-refractivity contribution is -0.384. The average Bonchev–Trinajstić information content (AvgIpc) is 2.78. The molecule has 0 aliphatic rings. The van der Waals surface area contributed by atoms with Crippen LogP contribution in [0.1, 0.15) is 22.3 Å². The van der Waals surface area contributed by atoms with E-state index in [0.717, 1.165) is 17.1 Å². The van der Waals surface area contributed by atoms with Crippen LogP contribution < -0.4 is 5.32 Å². The summed E-state index contributed by atoms with van der Waals surface area (Å²) in [4.78, 5) is 23.6. The second kappa shape index (κ2) is 11.1. The molecule has 0 aliphatic carbocycles. The Labute approximate surface area is 186 Å². The Balaban J connectivity index is 1.66. The first-order valence-electron chi connectivity index (χ1n) is 9.96. The minimum atomic E-state index is -0.439. The summed E-state index contributed by atoms with van der Waals surface area (Å²) >= 11 is 1.76. The Morgan fingerprint density at radius 3 is 2.55 bits per heavy atom. The average molecular weight is 433 g/mol. The quantitative estimate of drug-likeness (QED) is 0.159. The van der Waals surface area contributed by atoms with Crippen LogP contribution in [0.15, 0.2) is 78.9 Å². The van der Waals surface area contributed by atoms with E-state index in [1.165, 1.54) is 23.3 Å². The topological polar surface area (TPSA) is 72.2 Å². The van der Waals surface area contributed by atoms with Crippen LogP contribution in [0.5, 0.6) is 0 Å². The van der Waals surface area contributed by atoms with Gasteiger partial charge in [0.1, 0.15) is 0 Å².